The smallest absolute Gasteiger partial charge is 0.0547 e. The number of pyridine rings is 1. The minimum Gasteiger partial charge on any atom is -0.311 e. The van der Waals surface area contributed by atoms with Gasteiger partial charge in [-0.1, -0.05) is 13.0 Å². The number of hydrogen-bond donors (Lipinski definition) is 1. The quantitative estimate of drug-likeness (QED) is 0.816. The van der Waals surface area contributed by atoms with Crippen molar-refractivity contribution < 1.29 is 0 Å². The van der Waals surface area contributed by atoms with E-state index in [1.165, 1.54) is 24.4 Å². The second-order valence-corrected chi connectivity index (χ2v) is 7.92. The summed E-state index contributed by atoms with van der Waals surface area (Å²) in [4.78, 5) is 7.31. The topological polar surface area (TPSA) is 28.2 Å². The summed E-state index contributed by atoms with van der Waals surface area (Å²) in [5.41, 5.74) is 2.35. The van der Waals surface area contributed by atoms with Crippen LogP contribution in [0.2, 0.25) is 0 Å². The molecule has 2 rings (SSSR count). The van der Waals surface area contributed by atoms with Crippen LogP contribution < -0.4 is 5.32 Å². The second-order valence-electron chi connectivity index (χ2n) is 6.12. The Labute approximate surface area is 127 Å². The largest absolute Gasteiger partial charge is 0.311 e. The molecular formula is C16H27N3S. The molecule has 0 spiro atoms. The molecule has 0 bridgehead atoms. The van der Waals surface area contributed by atoms with Crippen molar-refractivity contribution in [1.29, 1.82) is 0 Å². The maximum Gasteiger partial charge on any atom is 0.0547 e. The summed E-state index contributed by atoms with van der Waals surface area (Å²) in [6, 6.07) is 6.40. The van der Waals surface area contributed by atoms with E-state index in [4.69, 9.17) is 4.98 Å². The number of nitrogens with one attached hydrogen (secondary N) is 1. The number of nitrogens with zero attached hydrogens (tertiary/aromatic N) is 2. The molecule has 1 aromatic heterocycles. The fourth-order valence-electron chi connectivity index (χ4n) is 2.59. The molecule has 2 heterocycles. The molecule has 1 saturated heterocycles. The van der Waals surface area contributed by atoms with Crippen LogP contribution >= 0.6 is 11.8 Å². The van der Waals surface area contributed by atoms with E-state index in [2.05, 4.69) is 60.9 Å². The third-order valence-corrected chi connectivity index (χ3v) is 4.78. The van der Waals surface area contributed by atoms with Gasteiger partial charge in [0.25, 0.3) is 0 Å². The average molecular weight is 293 g/mol. The Morgan fingerprint density at radius 3 is 2.90 bits per heavy atom. The van der Waals surface area contributed by atoms with E-state index in [-0.39, 0.29) is 0 Å². The van der Waals surface area contributed by atoms with Crippen LogP contribution in [0.3, 0.4) is 0 Å². The Morgan fingerprint density at radius 1 is 1.35 bits per heavy atom. The molecule has 0 atom stereocenters. The van der Waals surface area contributed by atoms with Gasteiger partial charge in [0.2, 0.25) is 0 Å². The molecule has 0 aliphatic carbocycles. The normalized spacial score (nSPS) is 19.1. The van der Waals surface area contributed by atoms with Gasteiger partial charge >= 0.3 is 0 Å². The molecule has 20 heavy (non-hydrogen) atoms. The number of hydrogen-bond acceptors (Lipinski definition) is 4. The number of rotatable bonds is 6. The highest BCUT2D eigenvalue weighted by atomic mass is 32.2. The summed E-state index contributed by atoms with van der Waals surface area (Å²) in [6.07, 6.45) is 1.17. The summed E-state index contributed by atoms with van der Waals surface area (Å²) in [5, 5.41) is 3.42. The monoisotopic (exact) mass is 293 g/mol. The van der Waals surface area contributed by atoms with E-state index in [9.17, 15) is 0 Å². The Hall–Kier alpha value is -0.580. The molecule has 0 amide bonds. The maximum atomic E-state index is 4.78. The molecule has 0 radical (unpaired) electrons. The van der Waals surface area contributed by atoms with E-state index in [0.717, 1.165) is 31.9 Å². The van der Waals surface area contributed by atoms with Gasteiger partial charge in [0, 0.05) is 36.7 Å². The molecule has 0 unspecified atom stereocenters. The SMILES string of the molecule is CCCNCc1cccc(CN2CCSC(C)(C)C2)n1. The van der Waals surface area contributed by atoms with Crippen LogP contribution in [0.15, 0.2) is 18.2 Å². The van der Waals surface area contributed by atoms with Crippen LogP contribution in [-0.4, -0.2) is 40.0 Å². The van der Waals surface area contributed by atoms with Gasteiger partial charge in [-0.25, -0.2) is 0 Å². The van der Waals surface area contributed by atoms with Gasteiger partial charge in [-0.05, 0) is 38.9 Å². The summed E-state index contributed by atoms with van der Waals surface area (Å²) in [6.45, 7) is 12.1. The number of thioether (sulfide) groups is 1. The molecular weight excluding hydrogens is 266 g/mol. The zero-order valence-electron chi connectivity index (χ0n) is 13.0. The van der Waals surface area contributed by atoms with Gasteiger partial charge in [0.15, 0.2) is 0 Å². The van der Waals surface area contributed by atoms with Crippen molar-refractivity contribution in [3.05, 3.63) is 29.6 Å². The van der Waals surface area contributed by atoms with Crippen molar-refractivity contribution in [3.8, 4) is 0 Å². The van der Waals surface area contributed by atoms with Crippen LogP contribution in [0.1, 0.15) is 38.6 Å². The highest BCUT2D eigenvalue weighted by Crippen LogP contribution is 2.29. The van der Waals surface area contributed by atoms with Crippen LogP contribution in [-0.2, 0) is 13.1 Å². The molecule has 1 aliphatic heterocycles. The van der Waals surface area contributed by atoms with E-state index in [0.29, 0.717) is 4.75 Å². The molecule has 1 aliphatic rings. The lowest BCUT2D eigenvalue weighted by Crippen LogP contribution is -2.42. The van der Waals surface area contributed by atoms with Crippen LogP contribution in [0.4, 0.5) is 0 Å². The Bertz CT molecular complexity index is 420. The summed E-state index contributed by atoms with van der Waals surface area (Å²) in [7, 11) is 0. The molecule has 1 N–H and O–H groups in total. The molecule has 1 aromatic rings. The van der Waals surface area contributed by atoms with Gasteiger partial charge < -0.3 is 5.32 Å². The molecule has 0 saturated carbocycles. The van der Waals surface area contributed by atoms with Crippen molar-refractivity contribution in [3.63, 3.8) is 0 Å². The van der Waals surface area contributed by atoms with Crippen LogP contribution in [0.25, 0.3) is 0 Å². The van der Waals surface area contributed by atoms with E-state index < -0.39 is 0 Å². The minimum atomic E-state index is 0.374. The lowest BCUT2D eigenvalue weighted by atomic mass is 10.1. The number of aromatic nitrogens is 1. The highest BCUT2D eigenvalue weighted by Gasteiger charge is 2.26. The molecule has 4 heteroatoms. The zero-order valence-corrected chi connectivity index (χ0v) is 13.8. The first-order valence-corrected chi connectivity index (χ1v) is 8.59. The van der Waals surface area contributed by atoms with Crippen LogP contribution in [0.5, 0.6) is 0 Å². The van der Waals surface area contributed by atoms with Gasteiger partial charge in [0.1, 0.15) is 0 Å². The first-order chi connectivity index (χ1) is 9.59. The van der Waals surface area contributed by atoms with Gasteiger partial charge in [-0.15, -0.1) is 0 Å². The lowest BCUT2D eigenvalue weighted by Gasteiger charge is -2.37. The standard InChI is InChI=1S/C16H27N3S/c1-4-8-17-11-14-6-5-7-15(18-14)12-19-9-10-20-16(2,3)13-19/h5-7,17H,4,8-13H2,1-3H3. The van der Waals surface area contributed by atoms with E-state index in [1.807, 2.05) is 0 Å². The fraction of sp³-hybridized carbons (Fsp3) is 0.688. The van der Waals surface area contributed by atoms with Gasteiger partial charge in [-0.2, -0.15) is 11.8 Å². The van der Waals surface area contributed by atoms with Gasteiger partial charge in [-0.3, -0.25) is 9.88 Å². The van der Waals surface area contributed by atoms with Gasteiger partial charge in [0.05, 0.1) is 11.4 Å². The summed E-state index contributed by atoms with van der Waals surface area (Å²) in [5.74, 6) is 1.23. The summed E-state index contributed by atoms with van der Waals surface area (Å²) < 4.78 is 0.374. The lowest BCUT2D eigenvalue weighted by molar-refractivity contribution is 0.249. The fourth-order valence-corrected chi connectivity index (χ4v) is 3.76. The van der Waals surface area contributed by atoms with Crippen molar-refractivity contribution in [1.82, 2.24) is 15.2 Å². The Balaban J connectivity index is 1.90. The van der Waals surface area contributed by atoms with Crippen molar-refractivity contribution in [2.45, 2.75) is 45.0 Å². The molecule has 3 nitrogen and oxygen atoms in total. The predicted molar refractivity (Wildman–Crippen MR) is 88.0 cm³/mol. The maximum absolute atomic E-state index is 4.78. The third-order valence-electron chi connectivity index (χ3n) is 3.49. The Kier molecular flexibility index (Phi) is 5.87. The second kappa shape index (κ2) is 7.43. The Morgan fingerprint density at radius 2 is 2.15 bits per heavy atom. The molecule has 0 aromatic carbocycles. The first-order valence-electron chi connectivity index (χ1n) is 7.61. The minimum absolute atomic E-state index is 0.374. The van der Waals surface area contributed by atoms with E-state index >= 15 is 0 Å². The van der Waals surface area contributed by atoms with Crippen molar-refractivity contribution >= 4 is 11.8 Å². The third kappa shape index (κ3) is 5.08. The van der Waals surface area contributed by atoms with E-state index in [1.54, 1.807) is 0 Å². The first kappa shape index (κ1) is 15.8. The van der Waals surface area contributed by atoms with Crippen molar-refractivity contribution in [2.75, 3.05) is 25.4 Å². The predicted octanol–water partition coefficient (Wildman–Crippen LogP) is 2.91. The van der Waals surface area contributed by atoms with Crippen molar-refractivity contribution in [2.24, 2.45) is 0 Å². The summed E-state index contributed by atoms with van der Waals surface area (Å²) >= 11 is 2.08. The molecule has 112 valence electrons. The zero-order chi connectivity index (χ0) is 14.4. The average Bonchev–Trinajstić information content (AvgIpc) is 2.38. The van der Waals surface area contributed by atoms with Crippen LogP contribution in [0, 0.1) is 0 Å². The molecule has 1 fully saturated rings. The highest BCUT2D eigenvalue weighted by molar-refractivity contribution is 8.00.